The Labute approximate surface area is 223 Å². The van der Waals surface area contributed by atoms with Gasteiger partial charge in [0, 0.05) is 16.6 Å². The van der Waals surface area contributed by atoms with E-state index >= 15 is 0 Å². The van der Waals surface area contributed by atoms with Gasteiger partial charge in [-0.25, -0.2) is 4.79 Å². The van der Waals surface area contributed by atoms with E-state index in [1.807, 2.05) is 30.3 Å². The number of hydrogen-bond acceptors (Lipinski definition) is 8. The van der Waals surface area contributed by atoms with E-state index in [-0.39, 0.29) is 28.1 Å². The summed E-state index contributed by atoms with van der Waals surface area (Å²) in [7, 11) is 1.34. The van der Waals surface area contributed by atoms with E-state index in [9.17, 15) is 14.4 Å². The van der Waals surface area contributed by atoms with Crippen LogP contribution in [0.1, 0.15) is 79.4 Å². The number of rotatable bonds is 7. The summed E-state index contributed by atoms with van der Waals surface area (Å²) in [6, 6.07) is 9.54. The van der Waals surface area contributed by atoms with Gasteiger partial charge in [-0.3, -0.25) is 9.59 Å². The molecule has 0 unspecified atom stereocenters. The average molecular weight is 539 g/mol. The van der Waals surface area contributed by atoms with Gasteiger partial charge in [0.25, 0.3) is 11.8 Å². The molecule has 8 nitrogen and oxygen atoms in total. The van der Waals surface area contributed by atoms with Gasteiger partial charge in [-0.05, 0) is 49.8 Å². The van der Waals surface area contributed by atoms with Gasteiger partial charge in [0.1, 0.15) is 14.9 Å². The number of nitrogens with two attached hydrogens (primary N) is 1. The summed E-state index contributed by atoms with van der Waals surface area (Å²) in [5, 5.41) is 10.2. The van der Waals surface area contributed by atoms with Gasteiger partial charge in [0.15, 0.2) is 0 Å². The normalized spacial score (nSPS) is 15.2. The second-order valence-electron chi connectivity index (χ2n) is 9.36. The molecule has 1 fully saturated rings. The molecule has 0 saturated heterocycles. The van der Waals surface area contributed by atoms with Crippen LogP contribution in [0.15, 0.2) is 30.3 Å². The van der Waals surface area contributed by atoms with Crippen molar-refractivity contribution in [3.05, 3.63) is 56.8 Å². The van der Waals surface area contributed by atoms with Crippen molar-refractivity contribution in [2.75, 3.05) is 23.5 Å². The van der Waals surface area contributed by atoms with Crippen LogP contribution in [0, 0.1) is 0 Å². The lowest BCUT2D eigenvalue weighted by Crippen LogP contribution is -2.36. The summed E-state index contributed by atoms with van der Waals surface area (Å²) in [4.78, 5) is 40.7. The van der Waals surface area contributed by atoms with Crippen LogP contribution in [-0.2, 0) is 17.6 Å². The van der Waals surface area contributed by atoms with E-state index in [2.05, 4.69) is 16.0 Å². The number of anilines is 4. The smallest absolute Gasteiger partial charge is 0.341 e. The number of methoxy groups -OCH3 is 1. The number of nitrogen functional groups attached to an aromatic ring is 1. The second-order valence-corrected chi connectivity index (χ2v) is 11.5. The maximum atomic E-state index is 13.5. The maximum Gasteiger partial charge on any atom is 0.341 e. The highest BCUT2D eigenvalue weighted by molar-refractivity contribution is 7.20. The first-order valence-corrected chi connectivity index (χ1v) is 14.2. The number of para-hydroxylation sites is 1. The minimum Gasteiger partial charge on any atom is -0.465 e. The number of aryl methyl sites for hydroxylation is 1. The molecule has 2 amide bonds. The van der Waals surface area contributed by atoms with Gasteiger partial charge >= 0.3 is 5.97 Å². The number of carbonyl (C=O) groups excluding carboxylic acids is 3. The molecule has 0 radical (unpaired) electrons. The highest BCUT2D eigenvalue weighted by Gasteiger charge is 2.31. The fourth-order valence-corrected chi connectivity index (χ4v) is 7.36. The van der Waals surface area contributed by atoms with E-state index in [1.54, 1.807) is 0 Å². The number of benzene rings is 1. The molecule has 2 aliphatic carbocycles. The van der Waals surface area contributed by atoms with Gasteiger partial charge in [-0.2, -0.15) is 0 Å². The van der Waals surface area contributed by atoms with Crippen LogP contribution in [0.25, 0.3) is 0 Å². The number of nitrogens with one attached hydrogen (secondary N) is 3. The Morgan fingerprint density at radius 1 is 0.919 bits per heavy atom. The van der Waals surface area contributed by atoms with Crippen LogP contribution in [0.3, 0.4) is 0 Å². The molecular weight excluding hydrogens is 508 g/mol. The molecule has 2 aromatic heterocycles. The van der Waals surface area contributed by atoms with Crippen molar-refractivity contribution < 1.29 is 19.1 Å². The molecule has 2 aliphatic rings. The van der Waals surface area contributed by atoms with Crippen molar-refractivity contribution in [2.45, 2.75) is 57.4 Å². The van der Waals surface area contributed by atoms with Gasteiger partial charge in [-0.1, -0.05) is 37.5 Å². The van der Waals surface area contributed by atoms with E-state index < -0.39 is 11.9 Å². The quantitative estimate of drug-likeness (QED) is 0.285. The third kappa shape index (κ3) is 5.21. The molecule has 5 rings (SSSR count). The zero-order valence-electron chi connectivity index (χ0n) is 20.6. The molecule has 2 heterocycles. The van der Waals surface area contributed by atoms with Crippen LogP contribution >= 0.6 is 22.7 Å². The number of thiophene rings is 2. The monoisotopic (exact) mass is 538 g/mol. The standard InChI is InChI=1S/C27H30N4O4S2/c1-35-27(34)19-17-13-8-14-18(17)36-25(19)31-24(33)22-21(28)20(23(32)29-15-9-4-2-5-10-15)26(37-22)30-16-11-6-3-7-12-16/h3,6-7,11-12,15,30H,2,4-5,8-10,13-14,28H2,1H3,(H,29,32)(H,31,33). The minimum atomic E-state index is -0.465. The van der Waals surface area contributed by atoms with E-state index in [4.69, 9.17) is 10.5 Å². The summed E-state index contributed by atoms with van der Waals surface area (Å²) in [5.41, 5.74) is 9.02. The molecule has 0 spiro atoms. The predicted molar refractivity (Wildman–Crippen MR) is 148 cm³/mol. The number of ether oxygens (including phenoxy) is 1. The zero-order chi connectivity index (χ0) is 25.9. The highest BCUT2D eigenvalue weighted by Crippen LogP contribution is 2.42. The van der Waals surface area contributed by atoms with Crippen LogP contribution in [0.2, 0.25) is 0 Å². The number of amides is 2. The van der Waals surface area contributed by atoms with Crippen LogP contribution in [0.5, 0.6) is 0 Å². The summed E-state index contributed by atoms with van der Waals surface area (Å²) in [6.07, 6.45) is 7.85. The summed E-state index contributed by atoms with van der Waals surface area (Å²) < 4.78 is 5.00. The Hall–Kier alpha value is -3.37. The number of esters is 1. The lowest BCUT2D eigenvalue weighted by atomic mass is 9.95. The molecule has 3 aromatic rings. The zero-order valence-corrected chi connectivity index (χ0v) is 22.3. The van der Waals surface area contributed by atoms with E-state index in [0.29, 0.717) is 15.6 Å². The Morgan fingerprint density at radius 3 is 2.41 bits per heavy atom. The molecule has 37 heavy (non-hydrogen) atoms. The lowest BCUT2D eigenvalue weighted by Gasteiger charge is -2.23. The number of hydrogen-bond donors (Lipinski definition) is 4. The topological polar surface area (TPSA) is 123 Å². The Kier molecular flexibility index (Phi) is 7.48. The number of carbonyl (C=O) groups is 3. The van der Waals surface area contributed by atoms with Crippen LogP contribution < -0.4 is 21.7 Å². The third-order valence-electron chi connectivity index (χ3n) is 6.89. The molecular formula is C27H30N4O4S2. The second kappa shape index (κ2) is 10.9. The van der Waals surface area contributed by atoms with Gasteiger partial charge < -0.3 is 26.4 Å². The predicted octanol–water partition coefficient (Wildman–Crippen LogP) is 5.73. The Morgan fingerprint density at radius 2 is 1.68 bits per heavy atom. The fourth-order valence-electron chi connectivity index (χ4n) is 5.05. The van der Waals surface area contributed by atoms with Gasteiger partial charge in [-0.15, -0.1) is 22.7 Å². The van der Waals surface area contributed by atoms with Crippen molar-refractivity contribution in [3.63, 3.8) is 0 Å². The third-order valence-corrected chi connectivity index (χ3v) is 9.22. The average Bonchev–Trinajstić information content (AvgIpc) is 3.57. The first-order chi connectivity index (χ1) is 18.0. The van der Waals surface area contributed by atoms with Crippen molar-refractivity contribution in [1.82, 2.24) is 5.32 Å². The molecule has 0 bridgehead atoms. The highest BCUT2D eigenvalue weighted by atomic mass is 32.1. The summed E-state index contributed by atoms with van der Waals surface area (Å²) in [6.45, 7) is 0. The summed E-state index contributed by atoms with van der Waals surface area (Å²) >= 11 is 2.53. The minimum absolute atomic E-state index is 0.0959. The van der Waals surface area contributed by atoms with Crippen LogP contribution in [-0.4, -0.2) is 30.9 Å². The molecule has 1 saturated carbocycles. The SMILES string of the molecule is COC(=O)c1c(NC(=O)c2sc(Nc3ccccc3)c(C(=O)NC3CCCCC3)c2N)sc2c1CCC2. The maximum absolute atomic E-state index is 13.5. The van der Waals surface area contributed by atoms with Crippen molar-refractivity contribution >= 4 is 61.8 Å². The van der Waals surface area contributed by atoms with Gasteiger partial charge in [0.05, 0.1) is 23.9 Å². The molecule has 0 aliphatic heterocycles. The lowest BCUT2D eigenvalue weighted by molar-refractivity contribution is 0.0601. The van der Waals surface area contributed by atoms with Crippen molar-refractivity contribution in [1.29, 1.82) is 0 Å². The molecule has 1 aromatic carbocycles. The molecule has 0 atom stereocenters. The van der Waals surface area contributed by atoms with Crippen molar-refractivity contribution in [3.8, 4) is 0 Å². The summed E-state index contributed by atoms with van der Waals surface area (Å²) in [5.74, 6) is -1.21. The van der Waals surface area contributed by atoms with E-state index in [1.165, 1.54) is 24.9 Å². The number of fused-ring (bicyclic) bond motifs is 1. The Bertz CT molecular complexity index is 1330. The first kappa shape index (κ1) is 25.3. The first-order valence-electron chi connectivity index (χ1n) is 12.6. The molecule has 10 heteroatoms. The molecule has 5 N–H and O–H groups in total. The van der Waals surface area contributed by atoms with Gasteiger partial charge in [0.2, 0.25) is 0 Å². The van der Waals surface area contributed by atoms with Crippen molar-refractivity contribution in [2.24, 2.45) is 0 Å². The molecule has 194 valence electrons. The fraction of sp³-hybridized carbons (Fsp3) is 0.370. The van der Waals surface area contributed by atoms with Crippen LogP contribution in [0.4, 0.5) is 21.4 Å². The Balaban J connectivity index is 1.46. The largest absolute Gasteiger partial charge is 0.465 e. The van der Waals surface area contributed by atoms with E-state index in [0.717, 1.165) is 72.4 Å².